The molecule has 1 aromatic rings. The van der Waals surface area contributed by atoms with Gasteiger partial charge in [0.25, 0.3) is 0 Å². The van der Waals surface area contributed by atoms with E-state index in [4.69, 9.17) is 10.8 Å². The van der Waals surface area contributed by atoms with Gasteiger partial charge in [-0.3, -0.25) is 0 Å². The van der Waals surface area contributed by atoms with E-state index in [0.29, 0.717) is 11.6 Å². The zero-order valence-corrected chi connectivity index (χ0v) is 9.49. The lowest BCUT2D eigenvalue weighted by Crippen LogP contribution is -2.29. The molecule has 0 aliphatic rings. The van der Waals surface area contributed by atoms with Crippen LogP contribution < -0.4 is 11.1 Å². The molecule has 1 aromatic heterocycles. The third-order valence-electron chi connectivity index (χ3n) is 2.46. The second-order valence-electron chi connectivity index (χ2n) is 4.05. The Kier molecular flexibility index (Phi) is 3.91. The number of hydrogen-bond acceptors (Lipinski definition) is 4. The maximum absolute atomic E-state index is 9.17. The highest BCUT2D eigenvalue weighted by Crippen LogP contribution is 2.14. The van der Waals surface area contributed by atoms with Crippen molar-refractivity contribution in [3.05, 3.63) is 17.8 Å². The van der Waals surface area contributed by atoms with Gasteiger partial charge in [-0.15, -0.1) is 0 Å². The van der Waals surface area contributed by atoms with E-state index in [0.717, 1.165) is 11.5 Å². The summed E-state index contributed by atoms with van der Waals surface area (Å²) >= 11 is 0. The highest BCUT2D eigenvalue weighted by atomic mass is 16.3. The van der Waals surface area contributed by atoms with Gasteiger partial charge in [-0.2, -0.15) is 0 Å². The fourth-order valence-electron chi connectivity index (χ4n) is 1.27. The number of aliphatic hydroxyl groups is 1. The first-order valence-electron chi connectivity index (χ1n) is 5.15. The van der Waals surface area contributed by atoms with Crippen LogP contribution in [0.2, 0.25) is 0 Å². The summed E-state index contributed by atoms with van der Waals surface area (Å²) in [5, 5.41) is 12.3. The van der Waals surface area contributed by atoms with Gasteiger partial charge in [0.05, 0.1) is 24.0 Å². The van der Waals surface area contributed by atoms with Crippen molar-refractivity contribution in [1.82, 2.24) is 4.98 Å². The van der Waals surface area contributed by atoms with E-state index in [1.165, 1.54) is 0 Å². The Bertz CT molecular complexity index is 326. The number of nitrogens with two attached hydrogens (primary N) is 1. The molecule has 4 heteroatoms. The summed E-state index contributed by atoms with van der Waals surface area (Å²) in [6, 6.07) is 3.67. The average Bonchev–Trinajstić information content (AvgIpc) is 2.19. The smallest absolute Gasteiger partial charge is 0.126 e. The van der Waals surface area contributed by atoms with Crippen molar-refractivity contribution in [3.8, 4) is 0 Å². The summed E-state index contributed by atoms with van der Waals surface area (Å²) in [7, 11) is 0. The van der Waals surface area contributed by atoms with Crippen LogP contribution in [0.3, 0.4) is 0 Å². The predicted molar refractivity (Wildman–Crippen MR) is 62.7 cm³/mol. The van der Waals surface area contributed by atoms with Gasteiger partial charge in [0, 0.05) is 0 Å². The minimum Gasteiger partial charge on any atom is -0.397 e. The number of aliphatic hydroxyl groups excluding tert-OH is 1. The Morgan fingerprint density at radius 3 is 2.60 bits per heavy atom. The van der Waals surface area contributed by atoms with Crippen molar-refractivity contribution >= 4 is 11.5 Å². The van der Waals surface area contributed by atoms with Crippen molar-refractivity contribution in [3.63, 3.8) is 0 Å². The van der Waals surface area contributed by atoms with Crippen molar-refractivity contribution < 1.29 is 5.11 Å². The molecule has 15 heavy (non-hydrogen) atoms. The highest BCUT2D eigenvalue weighted by Gasteiger charge is 2.12. The Morgan fingerprint density at radius 1 is 1.47 bits per heavy atom. The number of anilines is 2. The second-order valence-corrected chi connectivity index (χ2v) is 4.05. The van der Waals surface area contributed by atoms with E-state index >= 15 is 0 Å². The molecule has 4 N–H and O–H groups in total. The summed E-state index contributed by atoms with van der Waals surface area (Å²) in [5.41, 5.74) is 7.16. The summed E-state index contributed by atoms with van der Waals surface area (Å²) in [6.07, 6.45) is 0. The van der Waals surface area contributed by atoms with Gasteiger partial charge in [0.15, 0.2) is 0 Å². The van der Waals surface area contributed by atoms with Gasteiger partial charge in [0.2, 0.25) is 0 Å². The maximum atomic E-state index is 9.17. The van der Waals surface area contributed by atoms with E-state index < -0.39 is 0 Å². The first-order valence-corrected chi connectivity index (χ1v) is 5.15. The Balaban J connectivity index is 2.75. The SMILES string of the molecule is Cc1nc(N[C@H](CO)C(C)C)ccc1N. The van der Waals surface area contributed by atoms with Gasteiger partial charge in [-0.05, 0) is 25.0 Å². The molecule has 0 radical (unpaired) electrons. The molecule has 0 saturated heterocycles. The molecular formula is C11H19N3O. The normalized spacial score (nSPS) is 12.9. The van der Waals surface area contributed by atoms with Crippen LogP contribution in [-0.4, -0.2) is 22.7 Å². The zero-order valence-electron chi connectivity index (χ0n) is 9.49. The van der Waals surface area contributed by atoms with Gasteiger partial charge in [-0.1, -0.05) is 13.8 Å². The molecule has 0 bridgehead atoms. The van der Waals surface area contributed by atoms with Crippen LogP contribution in [0.4, 0.5) is 11.5 Å². The number of aryl methyl sites for hydroxylation is 1. The van der Waals surface area contributed by atoms with E-state index in [9.17, 15) is 0 Å². The monoisotopic (exact) mass is 209 g/mol. The number of nitrogens with zero attached hydrogens (tertiary/aromatic N) is 1. The van der Waals surface area contributed by atoms with Gasteiger partial charge < -0.3 is 16.2 Å². The van der Waals surface area contributed by atoms with E-state index in [1.807, 2.05) is 19.1 Å². The number of pyridine rings is 1. The van der Waals surface area contributed by atoms with Crippen molar-refractivity contribution in [2.45, 2.75) is 26.8 Å². The summed E-state index contributed by atoms with van der Waals surface area (Å²) in [5.74, 6) is 1.11. The number of nitrogen functional groups attached to an aromatic ring is 1. The number of aromatic nitrogens is 1. The fourth-order valence-corrected chi connectivity index (χ4v) is 1.27. The van der Waals surface area contributed by atoms with Crippen LogP contribution >= 0.6 is 0 Å². The largest absolute Gasteiger partial charge is 0.397 e. The maximum Gasteiger partial charge on any atom is 0.126 e. The summed E-state index contributed by atoms with van der Waals surface area (Å²) < 4.78 is 0. The molecule has 84 valence electrons. The molecule has 0 saturated carbocycles. The lowest BCUT2D eigenvalue weighted by Gasteiger charge is -2.20. The molecular weight excluding hydrogens is 190 g/mol. The first kappa shape index (κ1) is 11.8. The number of hydrogen-bond donors (Lipinski definition) is 3. The Hall–Kier alpha value is -1.29. The van der Waals surface area contributed by atoms with E-state index in [2.05, 4.69) is 24.1 Å². The lowest BCUT2D eigenvalue weighted by atomic mass is 10.1. The van der Waals surface area contributed by atoms with Crippen LogP contribution in [-0.2, 0) is 0 Å². The number of nitrogens with one attached hydrogen (secondary N) is 1. The predicted octanol–water partition coefficient (Wildman–Crippen LogP) is 1.40. The van der Waals surface area contributed by atoms with Crippen molar-refractivity contribution in [2.75, 3.05) is 17.7 Å². The molecule has 4 nitrogen and oxygen atoms in total. The molecule has 0 amide bonds. The standard InChI is InChI=1S/C11H19N3O/c1-7(2)10(6-15)14-11-5-4-9(12)8(3)13-11/h4-5,7,10,15H,6,12H2,1-3H3,(H,13,14)/t10-/m1/s1. The molecule has 1 atom stereocenters. The van der Waals surface area contributed by atoms with Crippen molar-refractivity contribution in [1.29, 1.82) is 0 Å². The lowest BCUT2D eigenvalue weighted by molar-refractivity contribution is 0.249. The quantitative estimate of drug-likeness (QED) is 0.701. The van der Waals surface area contributed by atoms with E-state index in [1.54, 1.807) is 0 Å². The van der Waals surface area contributed by atoms with Crippen LogP contribution in [0, 0.1) is 12.8 Å². The third kappa shape index (κ3) is 3.09. The van der Waals surface area contributed by atoms with Gasteiger partial charge in [0.1, 0.15) is 5.82 Å². The molecule has 0 aliphatic heterocycles. The minimum absolute atomic E-state index is 0.0283. The number of rotatable bonds is 4. The van der Waals surface area contributed by atoms with Crippen molar-refractivity contribution in [2.24, 2.45) is 5.92 Å². The highest BCUT2D eigenvalue weighted by molar-refractivity contribution is 5.49. The van der Waals surface area contributed by atoms with E-state index in [-0.39, 0.29) is 12.6 Å². The molecule has 0 aromatic carbocycles. The molecule has 0 spiro atoms. The summed E-state index contributed by atoms with van der Waals surface area (Å²) in [6.45, 7) is 6.07. The minimum atomic E-state index is 0.0283. The summed E-state index contributed by atoms with van der Waals surface area (Å²) in [4.78, 5) is 4.30. The van der Waals surface area contributed by atoms with Crippen LogP contribution in [0.25, 0.3) is 0 Å². The van der Waals surface area contributed by atoms with Gasteiger partial charge in [-0.25, -0.2) is 4.98 Å². The molecule has 0 fully saturated rings. The second kappa shape index (κ2) is 4.98. The first-order chi connectivity index (χ1) is 7.04. The fraction of sp³-hybridized carbons (Fsp3) is 0.545. The average molecular weight is 209 g/mol. The third-order valence-corrected chi connectivity index (χ3v) is 2.46. The molecule has 1 rings (SSSR count). The topological polar surface area (TPSA) is 71.2 Å². The molecule has 1 heterocycles. The van der Waals surface area contributed by atoms with Gasteiger partial charge >= 0.3 is 0 Å². The molecule has 0 unspecified atom stereocenters. The van der Waals surface area contributed by atoms with Crippen LogP contribution in [0.1, 0.15) is 19.5 Å². The Morgan fingerprint density at radius 2 is 2.13 bits per heavy atom. The van der Waals surface area contributed by atoms with Crippen LogP contribution in [0.15, 0.2) is 12.1 Å². The Labute approximate surface area is 90.5 Å². The molecule has 0 aliphatic carbocycles. The van der Waals surface area contributed by atoms with Crippen LogP contribution in [0.5, 0.6) is 0 Å². The zero-order chi connectivity index (χ0) is 11.4.